The zero-order valence-corrected chi connectivity index (χ0v) is 15.4. The lowest BCUT2D eigenvalue weighted by atomic mass is 10.1. The summed E-state index contributed by atoms with van der Waals surface area (Å²) in [7, 11) is 0. The lowest BCUT2D eigenvalue weighted by molar-refractivity contribution is -0.133. The summed E-state index contributed by atoms with van der Waals surface area (Å²) in [5.74, 6) is -0.0520. The summed E-state index contributed by atoms with van der Waals surface area (Å²) >= 11 is 0. The van der Waals surface area contributed by atoms with Crippen molar-refractivity contribution >= 4 is 12.0 Å². The summed E-state index contributed by atoms with van der Waals surface area (Å²) in [6.07, 6.45) is 1.47. The number of likely N-dealkylation sites (tertiary alicyclic amines) is 1. The fourth-order valence-electron chi connectivity index (χ4n) is 3.10. The highest BCUT2D eigenvalue weighted by Crippen LogP contribution is 2.20. The summed E-state index contributed by atoms with van der Waals surface area (Å²) < 4.78 is 5.46. The van der Waals surface area contributed by atoms with Crippen molar-refractivity contribution in [3.63, 3.8) is 0 Å². The molecule has 1 heterocycles. The Morgan fingerprint density at radius 2 is 1.96 bits per heavy atom. The summed E-state index contributed by atoms with van der Waals surface area (Å²) in [5, 5.41) is 0. The van der Waals surface area contributed by atoms with Crippen molar-refractivity contribution in [3.05, 3.63) is 35.9 Å². The summed E-state index contributed by atoms with van der Waals surface area (Å²) in [4.78, 5) is 28.3. The third kappa shape index (κ3) is 5.19. The van der Waals surface area contributed by atoms with Gasteiger partial charge in [-0.15, -0.1) is 0 Å². The van der Waals surface area contributed by atoms with E-state index >= 15 is 0 Å². The molecule has 1 saturated heterocycles. The van der Waals surface area contributed by atoms with Crippen LogP contribution in [0.4, 0.5) is 4.79 Å². The molecule has 6 heteroatoms. The second-order valence-electron chi connectivity index (χ2n) is 6.90. The van der Waals surface area contributed by atoms with Gasteiger partial charge in [-0.2, -0.15) is 0 Å². The van der Waals surface area contributed by atoms with E-state index in [1.807, 2.05) is 49.1 Å². The van der Waals surface area contributed by atoms with Crippen molar-refractivity contribution in [2.45, 2.75) is 58.3 Å². The van der Waals surface area contributed by atoms with E-state index in [0.717, 1.165) is 18.4 Å². The fraction of sp³-hybridized carbons (Fsp3) is 0.579. The van der Waals surface area contributed by atoms with E-state index in [9.17, 15) is 9.59 Å². The molecule has 1 aromatic carbocycles. The van der Waals surface area contributed by atoms with E-state index in [1.165, 1.54) is 0 Å². The maximum Gasteiger partial charge on any atom is 0.410 e. The monoisotopic (exact) mass is 347 g/mol. The molecule has 0 saturated carbocycles. The molecule has 2 atom stereocenters. The van der Waals surface area contributed by atoms with Crippen molar-refractivity contribution < 1.29 is 14.3 Å². The second kappa shape index (κ2) is 8.85. The van der Waals surface area contributed by atoms with Crippen LogP contribution in [0.15, 0.2) is 30.3 Å². The van der Waals surface area contributed by atoms with Crippen LogP contribution in [0.2, 0.25) is 0 Å². The van der Waals surface area contributed by atoms with Gasteiger partial charge in [-0.1, -0.05) is 30.3 Å². The highest BCUT2D eigenvalue weighted by molar-refractivity contribution is 5.81. The van der Waals surface area contributed by atoms with Gasteiger partial charge < -0.3 is 20.3 Å². The molecule has 138 valence electrons. The maximum atomic E-state index is 12.5. The molecule has 1 aromatic rings. The molecule has 25 heavy (non-hydrogen) atoms. The lowest BCUT2D eigenvalue weighted by Gasteiger charge is -2.33. The molecule has 0 bridgehead atoms. The number of hydrogen-bond acceptors (Lipinski definition) is 4. The zero-order valence-electron chi connectivity index (χ0n) is 15.4. The first-order valence-electron chi connectivity index (χ1n) is 8.93. The van der Waals surface area contributed by atoms with E-state index in [1.54, 1.807) is 11.8 Å². The van der Waals surface area contributed by atoms with E-state index < -0.39 is 6.04 Å². The number of nitrogens with zero attached hydrogens (tertiary/aromatic N) is 2. The largest absolute Gasteiger partial charge is 0.445 e. The van der Waals surface area contributed by atoms with Gasteiger partial charge in [0.25, 0.3) is 0 Å². The number of benzene rings is 1. The third-order valence-electron chi connectivity index (χ3n) is 4.52. The standard InChI is InChI=1S/C19H29N3O3/c1-14(2)22(19(24)25-13-16-8-5-4-6-9-16)12-17-10-7-11-21(17)18(23)15(3)20/h4-6,8-9,14-15,17H,7,10-13,20H2,1-3H3/t15-,17+/m0/s1. The van der Waals surface area contributed by atoms with Crippen LogP contribution in [-0.2, 0) is 16.1 Å². The second-order valence-corrected chi connectivity index (χ2v) is 6.90. The van der Waals surface area contributed by atoms with Crippen LogP contribution in [0.3, 0.4) is 0 Å². The first-order chi connectivity index (χ1) is 11.9. The average Bonchev–Trinajstić information content (AvgIpc) is 3.05. The van der Waals surface area contributed by atoms with Crippen LogP contribution in [0.1, 0.15) is 39.2 Å². The number of hydrogen-bond donors (Lipinski definition) is 1. The van der Waals surface area contributed by atoms with Gasteiger partial charge in [-0.3, -0.25) is 4.79 Å². The van der Waals surface area contributed by atoms with Gasteiger partial charge in [0.05, 0.1) is 6.04 Å². The van der Waals surface area contributed by atoms with Gasteiger partial charge in [-0.05, 0) is 39.2 Å². The van der Waals surface area contributed by atoms with Gasteiger partial charge in [0.2, 0.25) is 5.91 Å². The number of carbonyl (C=O) groups excluding carboxylic acids is 2. The fourth-order valence-corrected chi connectivity index (χ4v) is 3.10. The lowest BCUT2D eigenvalue weighted by Crippen LogP contribution is -2.51. The minimum atomic E-state index is -0.516. The third-order valence-corrected chi connectivity index (χ3v) is 4.52. The predicted octanol–water partition coefficient (Wildman–Crippen LogP) is 2.37. The molecule has 2 N–H and O–H groups in total. The maximum absolute atomic E-state index is 12.5. The van der Waals surface area contributed by atoms with E-state index in [-0.39, 0.29) is 30.7 Å². The molecule has 1 aliphatic heterocycles. The van der Waals surface area contributed by atoms with Gasteiger partial charge in [0.15, 0.2) is 0 Å². The van der Waals surface area contributed by atoms with Crippen molar-refractivity contribution in [2.75, 3.05) is 13.1 Å². The van der Waals surface area contributed by atoms with Gasteiger partial charge in [0, 0.05) is 25.2 Å². The Hall–Kier alpha value is -2.08. The molecular weight excluding hydrogens is 318 g/mol. The topological polar surface area (TPSA) is 75.9 Å². The average molecular weight is 347 g/mol. The Balaban J connectivity index is 1.97. The molecule has 0 radical (unpaired) electrons. The van der Waals surface area contributed by atoms with Gasteiger partial charge in [-0.25, -0.2) is 4.79 Å². The van der Waals surface area contributed by atoms with Crippen LogP contribution >= 0.6 is 0 Å². The van der Waals surface area contributed by atoms with Crippen LogP contribution < -0.4 is 5.73 Å². The minimum Gasteiger partial charge on any atom is -0.445 e. The van der Waals surface area contributed by atoms with Crippen molar-refractivity contribution in [1.29, 1.82) is 0 Å². The van der Waals surface area contributed by atoms with E-state index in [4.69, 9.17) is 10.5 Å². The minimum absolute atomic E-state index is 0.00359. The van der Waals surface area contributed by atoms with E-state index in [2.05, 4.69) is 0 Å². The Morgan fingerprint density at radius 3 is 2.56 bits per heavy atom. The first-order valence-corrected chi connectivity index (χ1v) is 8.93. The van der Waals surface area contributed by atoms with Crippen molar-refractivity contribution in [1.82, 2.24) is 9.80 Å². The van der Waals surface area contributed by atoms with Gasteiger partial charge >= 0.3 is 6.09 Å². The van der Waals surface area contributed by atoms with Crippen molar-refractivity contribution in [3.8, 4) is 0 Å². The SMILES string of the molecule is CC(C)N(C[C@H]1CCCN1C(=O)[C@H](C)N)C(=O)OCc1ccccc1. The number of ether oxygens (including phenoxy) is 1. The smallest absolute Gasteiger partial charge is 0.410 e. The molecule has 1 fully saturated rings. The summed E-state index contributed by atoms with van der Waals surface area (Å²) in [5.41, 5.74) is 6.70. The Labute approximate surface area is 149 Å². The normalized spacial score (nSPS) is 18.3. The number of amides is 2. The van der Waals surface area contributed by atoms with Crippen LogP contribution in [-0.4, -0.2) is 53.0 Å². The highest BCUT2D eigenvalue weighted by Gasteiger charge is 2.33. The quantitative estimate of drug-likeness (QED) is 0.857. The molecule has 0 aromatic heterocycles. The highest BCUT2D eigenvalue weighted by atomic mass is 16.6. The number of nitrogens with two attached hydrogens (primary N) is 1. The predicted molar refractivity (Wildman–Crippen MR) is 96.9 cm³/mol. The zero-order chi connectivity index (χ0) is 18.4. The molecule has 0 unspecified atom stereocenters. The molecule has 0 spiro atoms. The van der Waals surface area contributed by atoms with Crippen LogP contribution in [0, 0.1) is 0 Å². The van der Waals surface area contributed by atoms with Crippen LogP contribution in [0.25, 0.3) is 0 Å². The molecule has 2 rings (SSSR count). The van der Waals surface area contributed by atoms with Gasteiger partial charge in [0.1, 0.15) is 6.61 Å². The molecule has 6 nitrogen and oxygen atoms in total. The number of rotatable bonds is 6. The summed E-state index contributed by atoms with van der Waals surface area (Å²) in [6.45, 7) is 7.04. The first kappa shape index (κ1) is 19.2. The number of carbonyl (C=O) groups is 2. The molecule has 1 aliphatic rings. The molecular formula is C19H29N3O3. The Morgan fingerprint density at radius 1 is 1.28 bits per heavy atom. The summed E-state index contributed by atoms with van der Waals surface area (Å²) in [6, 6.07) is 9.09. The Bertz CT molecular complexity index is 575. The van der Waals surface area contributed by atoms with Crippen molar-refractivity contribution in [2.24, 2.45) is 5.73 Å². The van der Waals surface area contributed by atoms with E-state index in [0.29, 0.717) is 13.1 Å². The Kier molecular flexibility index (Phi) is 6.82. The molecule has 0 aliphatic carbocycles. The van der Waals surface area contributed by atoms with Crippen LogP contribution in [0.5, 0.6) is 0 Å². The molecule has 2 amide bonds.